The van der Waals surface area contributed by atoms with Gasteiger partial charge in [-0.15, -0.1) is 0 Å². The van der Waals surface area contributed by atoms with E-state index in [0.717, 1.165) is 6.42 Å². The molecular formula is C20H28BrClFNO3. The summed E-state index contributed by atoms with van der Waals surface area (Å²) in [5.41, 5.74) is -0.508. The van der Waals surface area contributed by atoms with E-state index in [9.17, 15) is 14.0 Å². The minimum atomic E-state index is -0.508. The lowest BCUT2D eigenvalue weighted by atomic mass is 10.1. The molecular weight excluding hydrogens is 437 g/mol. The molecule has 0 spiro atoms. The van der Waals surface area contributed by atoms with Gasteiger partial charge >= 0.3 is 6.09 Å². The van der Waals surface area contributed by atoms with Crippen molar-refractivity contribution in [2.75, 3.05) is 11.9 Å². The SMILES string of the molecule is CC.CC(C)(C)OC(=O)N1CC2CC2C1C(=O)CBr.Fc1ccc(Cl)cc1. The van der Waals surface area contributed by atoms with E-state index in [1.54, 1.807) is 4.90 Å². The Morgan fingerprint density at radius 1 is 1.26 bits per heavy atom. The molecule has 1 heterocycles. The lowest BCUT2D eigenvalue weighted by Gasteiger charge is -2.29. The van der Waals surface area contributed by atoms with Gasteiger partial charge in [0.2, 0.25) is 0 Å². The summed E-state index contributed by atoms with van der Waals surface area (Å²) in [7, 11) is 0. The van der Waals surface area contributed by atoms with Gasteiger partial charge in [-0.25, -0.2) is 9.18 Å². The molecule has 2 fully saturated rings. The zero-order valence-electron chi connectivity index (χ0n) is 16.5. The summed E-state index contributed by atoms with van der Waals surface area (Å²) in [4.78, 5) is 25.4. The van der Waals surface area contributed by atoms with Crippen LogP contribution in [0.2, 0.25) is 5.02 Å². The highest BCUT2D eigenvalue weighted by molar-refractivity contribution is 9.09. The van der Waals surface area contributed by atoms with Crippen molar-refractivity contribution in [2.24, 2.45) is 11.8 Å². The van der Waals surface area contributed by atoms with E-state index in [2.05, 4.69) is 15.9 Å². The van der Waals surface area contributed by atoms with Gasteiger partial charge in [0, 0.05) is 11.6 Å². The van der Waals surface area contributed by atoms with Gasteiger partial charge in [-0.3, -0.25) is 9.69 Å². The van der Waals surface area contributed by atoms with Gasteiger partial charge in [0.25, 0.3) is 0 Å². The number of nitrogens with zero attached hydrogens (tertiary/aromatic N) is 1. The van der Waals surface area contributed by atoms with Gasteiger partial charge in [-0.1, -0.05) is 41.4 Å². The molecule has 1 aliphatic carbocycles. The van der Waals surface area contributed by atoms with Crippen molar-refractivity contribution in [3.8, 4) is 0 Å². The molecule has 2 aliphatic rings. The Morgan fingerprint density at radius 2 is 1.81 bits per heavy atom. The van der Waals surface area contributed by atoms with Gasteiger partial charge in [-0.2, -0.15) is 0 Å². The van der Waals surface area contributed by atoms with Crippen LogP contribution >= 0.6 is 27.5 Å². The molecule has 1 aromatic carbocycles. The first-order valence-electron chi connectivity index (χ1n) is 9.11. The minimum absolute atomic E-state index is 0.0841. The maximum absolute atomic E-state index is 12.0. The molecule has 0 bridgehead atoms. The normalized spacial score (nSPS) is 22.5. The zero-order valence-corrected chi connectivity index (χ0v) is 18.8. The van der Waals surface area contributed by atoms with E-state index in [0.29, 0.717) is 28.7 Å². The van der Waals surface area contributed by atoms with E-state index >= 15 is 0 Å². The Kier molecular flexibility index (Phi) is 9.22. The van der Waals surface area contributed by atoms with Gasteiger partial charge in [-0.05, 0) is 63.3 Å². The number of piperidine rings is 1. The third-order valence-electron chi connectivity index (χ3n) is 4.04. The maximum Gasteiger partial charge on any atom is 0.410 e. The molecule has 0 N–H and O–H groups in total. The van der Waals surface area contributed by atoms with E-state index in [1.165, 1.54) is 24.3 Å². The first-order chi connectivity index (χ1) is 12.6. The van der Waals surface area contributed by atoms with Gasteiger partial charge in [0.15, 0.2) is 5.78 Å². The summed E-state index contributed by atoms with van der Waals surface area (Å²) in [6.07, 6.45) is 0.715. The quantitative estimate of drug-likeness (QED) is 0.527. The summed E-state index contributed by atoms with van der Waals surface area (Å²) >= 11 is 8.63. The number of rotatable bonds is 2. The zero-order chi connectivity index (χ0) is 20.8. The number of carbonyl (C=O) groups excluding carboxylic acids is 2. The van der Waals surface area contributed by atoms with Crippen LogP contribution in [0.5, 0.6) is 0 Å². The monoisotopic (exact) mass is 463 g/mol. The van der Waals surface area contributed by atoms with Crippen LogP contribution in [-0.4, -0.2) is 40.3 Å². The van der Waals surface area contributed by atoms with Crippen LogP contribution in [0.4, 0.5) is 9.18 Å². The molecule has 27 heavy (non-hydrogen) atoms. The number of amides is 1. The van der Waals surface area contributed by atoms with Crippen LogP contribution in [0.15, 0.2) is 24.3 Å². The minimum Gasteiger partial charge on any atom is -0.444 e. The lowest BCUT2D eigenvalue weighted by molar-refractivity contribution is -0.121. The molecule has 1 saturated heterocycles. The average molecular weight is 465 g/mol. The fraction of sp³-hybridized carbons (Fsp3) is 0.600. The van der Waals surface area contributed by atoms with Crippen molar-refractivity contribution in [1.29, 1.82) is 0 Å². The number of carbonyl (C=O) groups is 2. The fourth-order valence-electron chi connectivity index (χ4n) is 2.89. The van der Waals surface area contributed by atoms with Crippen LogP contribution in [-0.2, 0) is 9.53 Å². The third kappa shape index (κ3) is 7.41. The number of alkyl halides is 1. The van der Waals surface area contributed by atoms with Crippen molar-refractivity contribution in [2.45, 2.75) is 52.7 Å². The van der Waals surface area contributed by atoms with Crippen LogP contribution < -0.4 is 0 Å². The standard InChI is InChI=1S/C12H18BrNO3.C6H4ClF.C2H6/c1-12(2,3)17-11(16)14-6-7-4-8(7)10(14)9(15)5-13;7-5-1-3-6(8)4-2-5;1-2/h7-8,10H,4-6H2,1-3H3;1-4H;1-2H3. The molecule has 3 atom stereocenters. The molecule has 1 saturated carbocycles. The second kappa shape index (κ2) is 10.4. The molecule has 1 aliphatic heterocycles. The fourth-order valence-corrected chi connectivity index (χ4v) is 3.35. The van der Waals surface area contributed by atoms with E-state index in [1.807, 2.05) is 34.6 Å². The number of fused-ring (bicyclic) bond motifs is 1. The van der Waals surface area contributed by atoms with E-state index < -0.39 is 5.60 Å². The Bertz CT molecular complexity index is 612. The molecule has 152 valence electrons. The molecule has 1 amide bonds. The molecule has 1 aromatic rings. The van der Waals surface area contributed by atoms with Gasteiger partial charge in [0.05, 0.1) is 11.4 Å². The second-order valence-electron chi connectivity index (χ2n) is 7.27. The summed E-state index contributed by atoms with van der Waals surface area (Å²) in [6.45, 7) is 10.2. The molecule has 3 unspecified atom stereocenters. The Morgan fingerprint density at radius 3 is 2.26 bits per heavy atom. The number of Topliss-reactive ketones (excluding diaryl/α,β-unsaturated/α-hetero) is 1. The molecule has 3 rings (SSSR count). The predicted octanol–water partition coefficient (Wildman–Crippen LogP) is 5.71. The molecule has 0 aromatic heterocycles. The highest BCUT2D eigenvalue weighted by Crippen LogP contribution is 2.50. The lowest BCUT2D eigenvalue weighted by Crippen LogP contribution is -2.46. The van der Waals surface area contributed by atoms with Crippen molar-refractivity contribution in [3.63, 3.8) is 0 Å². The van der Waals surface area contributed by atoms with Crippen molar-refractivity contribution < 1.29 is 18.7 Å². The predicted molar refractivity (Wildman–Crippen MR) is 110 cm³/mol. The first kappa shape index (κ1) is 23.9. The van der Waals surface area contributed by atoms with Crippen molar-refractivity contribution in [3.05, 3.63) is 35.1 Å². The number of benzene rings is 1. The number of ether oxygens (including phenoxy) is 1. The van der Waals surface area contributed by atoms with Gasteiger partial charge in [0.1, 0.15) is 11.4 Å². The molecule has 4 nitrogen and oxygen atoms in total. The Balaban J connectivity index is 0.000000305. The maximum atomic E-state index is 12.0. The summed E-state index contributed by atoms with van der Waals surface area (Å²) in [5, 5.41) is 0.867. The molecule has 7 heteroatoms. The number of hydrogen-bond acceptors (Lipinski definition) is 3. The summed E-state index contributed by atoms with van der Waals surface area (Å²) in [6, 6.07) is 5.40. The summed E-state index contributed by atoms with van der Waals surface area (Å²) in [5.74, 6) is 0.707. The van der Waals surface area contributed by atoms with Crippen LogP contribution in [0.1, 0.15) is 41.0 Å². The Hall–Kier alpha value is -1.14. The first-order valence-corrected chi connectivity index (χ1v) is 10.6. The number of ketones is 1. The van der Waals surface area contributed by atoms with E-state index in [4.69, 9.17) is 16.3 Å². The highest BCUT2D eigenvalue weighted by atomic mass is 79.9. The third-order valence-corrected chi connectivity index (χ3v) is 4.85. The number of likely N-dealkylation sites (tertiary alicyclic amines) is 1. The highest BCUT2D eigenvalue weighted by Gasteiger charge is 2.57. The number of hydrogen-bond donors (Lipinski definition) is 0. The second-order valence-corrected chi connectivity index (χ2v) is 8.27. The number of halogens is 3. The largest absolute Gasteiger partial charge is 0.444 e. The van der Waals surface area contributed by atoms with Gasteiger partial charge < -0.3 is 4.74 Å². The van der Waals surface area contributed by atoms with Crippen LogP contribution in [0, 0.1) is 17.7 Å². The van der Waals surface area contributed by atoms with E-state index in [-0.39, 0.29) is 23.7 Å². The smallest absolute Gasteiger partial charge is 0.410 e. The summed E-state index contributed by atoms with van der Waals surface area (Å²) < 4.78 is 17.4. The Labute approximate surface area is 174 Å². The molecule has 0 radical (unpaired) electrons. The van der Waals surface area contributed by atoms with Crippen molar-refractivity contribution in [1.82, 2.24) is 4.90 Å². The average Bonchev–Trinajstić information content (AvgIpc) is 3.27. The van der Waals surface area contributed by atoms with Crippen molar-refractivity contribution >= 4 is 39.4 Å². The van der Waals surface area contributed by atoms with Crippen LogP contribution in [0.3, 0.4) is 0 Å². The topological polar surface area (TPSA) is 46.6 Å². The van der Waals surface area contributed by atoms with Crippen LogP contribution in [0.25, 0.3) is 0 Å².